The van der Waals surface area contributed by atoms with Crippen LogP contribution in [0.15, 0.2) is 42.5 Å². The fraction of sp³-hybridized carbons (Fsp3) is 0.278. The zero-order valence-corrected chi connectivity index (χ0v) is 16.4. The lowest BCUT2D eigenvalue weighted by Gasteiger charge is -2.26. The minimum Gasteiger partial charge on any atom is -0.455 e. The van der Waals surface area contributed by atoms with Crippen LogP contribution in [0.1, 0.15) is 5.56 Å². The molecule has 2 fully saturated rings. The van der Waals surface area contributed by atoms with Crippen LogP contribution in [0.25, 0.3) is 0 Å². The average molecular weight is 409 g/mol. The van der Waals surface area contributed by atoms with Crippen LogP contribution in [0.2, 0.25) is 5.02 Å². The lowest BCUT2D eigenvalue weighted by atomic mass is 10.2. The van der Waals surface area contributed by atoms with Crippen LogP contribution in [0.4, 0.5) is 5.69 Å². The molecule has 0 spiro atoms. The summed E-state index contributed by atoms with van der Waals surface area (Å²) in [6.45, 7) is 1.98. The SMILES string of the molecule is Cc1cccc(Oc2ccc(Cl)cc2N2C(=N)S[C@H]3CS(=O)(=O)C[C@@H]32)c1. The second-order valence-electron chi connectivity index (χ2n) is 6.51. The highest BCUT2D eigenvalue weighted by atomic mass is 35.5. The molecule has 136 valence electrons. The second-order valence-corrected chi connectivity index (χ2v) is 10.3. The van der Waals surface area contributed by atoms with Crippen molar-refractivity contribution in [3.8, 4) is 11.5 Å². The number of hydrogen-bond acceptors (Lipinski definition) is 5. The van der Waals surface area contributed by atoms with E-state index in [9.17, 15) is 8.42 Å². The summed E-state index contributed by atoms with van der Waals surface area (Å²) in [6, 6.07) is 12.6. The molecule has 2 aromatic carbocycles. The van der Waals surface area contributed by atoms with Gasteiger partial charge in [0.2, 0.25) is 0 Å². The van der Waals surface area contributed by atoms with E-state index in [0.29, 0.717) is 27.4 Å². The van der Waals surface area contributed by atoms with E-state index in [1.54, 1.807) is 23.1 Å². The highest BCUT2D eigenvalue weighted by molar-refractivity contribution is 8.15. The quantitative estimate of drug-likeness (QED) is 0.828. The van der Waals surface area contributed by atoms with Crippen molar-refractivity contribution in [2.75, 3.05) is 16.4 Å². The molecule has 2 aromatic rings. The first-order chi connectivity index (χ1) is 12.3. The molecule has 4 rings (SSSR count). The molecule has 26 heavy (non-hydrogen) atoms. The standard InChI is InChI=1S/C18H17ClN2O3S2/c1-11-3-2-4-13(7-11)24-16-6-5-12(19)8-14(16)21-15-9-26(22,23)10-17(15)25-18(21)20/h2-8,15,17,20H,9-10H2,1H3/t15-,17-/m0/s1. The highest BCUT2D eigenvalue weighted by Gasteiger charge is 2.49. The van der Waals surface area contributed by atoms with Gasteiger partial charge in [-0.05, 0) is 42.8 Å². The van der Waals surface area contributed by atoms with Gasteiger partial charge in [-0.3, -0.25) is 5.41 Å². The van der Waals surface area contributed by atoms with Crippen molar-refractivity contribution >= 4 is 44.1 Å². The largest absolute Gasteiger partial charge is 0.455 e. The van der Waals surface area contributed by atoms with Crippen molar-refractivity contribution < 1.29 is 13.2 Å². The summed E-state index contributed by atoms with van der Waals surface area (Å²) in [6.07, 6.45) is 0. The molecule has 8 heteroatoms. The molecule has 0 bridgehead atoms. The first-order valence-electron chi connectivity index (χ1n) is 8.11. The average Bonchev–Trinajstić information content (AvgIpc) is 2.99. The summed E-state index contributed by atoms with van der Waals surface area (Å²) < 4.78 is 30.1. The number of amidine groups is 1. The molecule has 2 aliphatic rings. The van der Waals surface area contributed by atoms with Gasteiger partial charge in [-0.25, -0.2) is 8.42 Å². The Morgan fingerprint density at radius 1 is 1.23 bits per heavy atom. The zero-order chi connectivity index (χ0) is 18.5. The molecule has 5 nitrogen and oxygen atoms in total. The molecule has 1 N–H and O–H groups in total. The molecule has 2 atom stereocenters. The van der Waals surface area contributed by atoms with Gasteiger partial charge < -0.3 is 9.64 Å². The zero-order valence-electron chi connectivity index (χ0n) is 14.0. The van der Waals surface area contributed by atoms with Crippen molar-refractivity contribution in [2.45, 2.75) is 18.2 Å². The van der Waals surface area contributed by atoms with E-state index in [1.807, 2.05) is 31.2 Å². The molecule has 0 amide bonds. The number of aryl methyl sites for hydroxylation is 1. The molecule has 0 aliphatic carbocycles. The van der Waals surface area contributed by atoms with Gasteiger partial charge in [-0.1, -0.05) is 35.5 Å². The smallest absolute Gasteiger partial charge is 0.161 e. The predicted octanol–water partition coefficient (Wildman–Crippen LogP) is 4.09. The van der Waals surface area contributed by atoms with Gasteiger partial charge in [0.05, 0.1) is 23.2 Å². The Morgan fingerprint density at radius 2 is 2.04 bits per heavy atom. The van der Waals surface area contributed by atoms with E-state index in [1.165, 1.54) is 11.8 Å². The van der Waals surface area contributed by atoms with Gasteiger partial charge in [-0.2, -0.15) is 0 Å². The molecule has 2 aliphatic heterocycles. The maximum absolute atomic E-state index is 12.0. The fourth-order valence-corrected chi connectivity index (χ4v) is 7.31. The van der Waals surface area contributed by atoms with Crippen LogP contribution < -0.4 is 9.64 Å². The fourth-order valence-electron chi connectivity index (χ4n) is 3.36. The summed E-state index contributed by atoms with van der Waals surface area (Å²) >= 11 is 7.49. The van der Waals surface area contributed by atoms with Gasteiger partial charge in [-0.15, -0.1) is 0 Å². The number of fused-ring (bicyclic) bond motifs is 1. The molecule has 0 radical (unpaired) electrons. The lowest BCUT2D eigenvalue weighted by Crippen LogP contribution is -2.37. The van der Waals surface area contributed by atoms with Gasteiger partial charge in [0, 0.05) is 10.3 Å². The molecular weight excluding hydrogens is 392 g/mol. The number of rotatable bonds is 3. The predicted molar refractivity (Wildman–Crippen MR) is 107 cm³/mol. The number of ether oxygens (including phenoxy) is 1. The second kappa shape index (κ2) is 6.48. The summed E-state index contributed by atoms with van der Waals surface area (Å²) in [5, 5.41) is 9.06. The van der Waals surface area contributed by atoms with Crippen molar-refractivity contribution in [3.05, 3.63) is 53.1 Å². The number of benzene rings is 2. The Morgan fingerprint density at radius 3 is 2.81 bits per heavy atom. The number of nitrogens with zero attached hydrogens (tertiary/aromatic N) is 1. The third-order valence-corrected chi connectivity index (χ3v) is 7.85. The van der Waals surface area contributed by atoms with E-state index in [2.05, 4.69) is 0 Å². The van der Waals surface area contributed by atoms with E-state index in [4.69, 9.17) is 21.7 Å². The molecule has 2 saturated heterocycles. The van der Waals surface area contributed by atoms with Crippen LogP contribution in [-0.4, -0.2) is 36.4 Å². The summed E-state index contributed by atoms with van der Waals surface area (Å²) in [7, 11) is -3.09. The Labute approximate surface area is 161 Å². The van der Waals surface area contributed by atoms with Crippen molar-refractivity contribution in [1.82, 2.24) is 0 Å². The van der Waals surface area contributed by atoms with Crippen molar-refractivity contribution in [3.63, 3.8) is 0 Å². The third kappa shape index (κ3) is 3.31. The minimum absolute atomic E-state index is 0.0451. The number of sulfone groups is 1. The molecular formula is C18H17ClN2O3S2. The number of nitrogens with one attached hydrogen (secondary N) is 1. The van der Waals surface area contributed by atoms with Crippen LogP contribution in [-0.2, 0) is 9.84 Å². The Kier molecular flexibility index (Phi) is 4.41. The normalized spacial score (nSPS) is 23.9. The minimum atomic E-state index is -3.09. The number of halogens is 1. The number of thioether (sulfide) groups is 1. The van der Waals surface area contributed by atoms with Crippen LogP contribution >= 0.6 is 23.4 Å². The van der Waals surface area contributed by atoms with E-state index in [0.717, 1.165) is 5.56 Å². The van der Waals surface area contributed by atoms with Gasteiger partial charge in [0.15, 0.2) is 20.8 Å². The summed E-state index contributed by atoms with van der Waals surface area (Å²) in [4.78, 5) is 1.75. The summed E-state index contributed by atoms with van der Waals surface area (Å²) in [5.41, 5.74) is 1.70. The number of anilines is 1. The van der Waals surface area contributed by atoms with Gasteiger partial charge in [0.25, 0.3) is 0 Å². The van der Waals surface area contributed by atoms with E-state index in [-0.39, 0.29) is 22.8 Å². The van der Waals surface area contributed by atoms with Gasteiger partial charge >= 0.3 is 0 Å². The Balaban J connectivity index is 1.74. The van der Waals surface area contributed by atoms with E-state index < -0.39 is 9.84 Å². The van der Waals surface area contributed by atoms with Gasteiger partial charge in [0.1, 0.15) is 5.75 Å². The molecule has 0 saturated carbocycles. The Bertz CT molecular complexity index is 994. The van der Waals surface area contributed by atoms with Crippen molar-refractivity contribution in [2.24, 2.45) is 0 Å². The summed E-state index contributed by atoms with van der Waals surface area (Å²) in [5.74, 6) is 1.39. The maximum atomic E-state index is 12.0. The lowest BCUT2D eigenvalue weighted by molar-refractivity contribution is 0.481. The van der Waals surface area contributed by atoms with Crippen molar-refractivity contribution in [1.29, 1.82) is 5.41 Å². The maximum Gasteiger partial charge on any atom is 0.161 e. The number of hydrogen-bond donors (Lipinski definition) is 1. The monoisotopic (exact) mass is 408 g/mol. The first-order valence-corrected chi connectivity index (χ1v) is 11.2. The topological polar surface area (TPSA) is 70.5 Å². The highest BCUT2D eigenvalue weighted by Crippen LogP contribution is 2.45. The van der Waals surface area contributed by atoms with Crippen LogP contribution in [0.3, 0.4) is 0 Å². The third-order valence-electron chi connectivity index (χ3n) is 4.48. The molecule has 0 unspecified atom stereocenters. The van der Waals surface area contributed by atoms with Crippen LogP contribution in [0.5, 0.6) is 11.5 Å². The molecule has 0 aromatic heterocycles. The van der Waals surface area contributed by atoms with Crippen LogP contribution in [0, 0.1) is 12.3 Å². The first kappa shape index (κ1) is 17.7. The molecule has 2 heterocycles. The Hall–Kier alpha value is -1.70. The van der Waals surface area contributed by atoms with E-state index >= 15 is 0 Å².